The molecular weight excluding hydrogens is 206 g/mol. The number of anilines is 1. The summed E-state index contributed by atoms with van der Waals surface area (Å²) >= 11 is 0. The third-order valence-corrected chi connectivity index (χ3v) is 1.84. The molecule has 0 radical (unpaired) electrons. The van der Waals surface area contributed by atoms with Gasteiger partial charge in [0.2, 0.25) is 0 Å². The molecule has 1 N–H and O–H groups in total. The Bertz CT molecular complexity index is 357. The van der Waals surface area contributed by atoms with Gasteiger partial charge in [-0.05, 0) is 31.2 Å². The maximum absolute atomic E-state index is 10.8. The van der Waals surface area contributed by atoms with Crippen molar-refractivity contribution in [1.82, 2.24) is 0 Å². The Morgan fingerprint density at radius 2 is 2.06 bits per heavy atom. The fourth-order valence-corrected chi connectivity index (χ4v) is 1.09. The first-order valence-electron chi connectivity index (χ1n) is 5.00. The summed E-state index contributed by atoms with van der Waals surface area (Å²) in [6, 6.07) is 7.45. The van der Waals surface area contributed by atoms with Gasteiger partial charge in [-0.1, -0.05) is 0 Å². The lowest BCUT2D eigenvalue weighted by atomic mass is 10.3. The quantitative estimate of drug-likeness (QED) is 0.611. The van der Waals surface area contributed by atoms with Crippen LogP contribution >= 0.6 is 0 Å². The second-order valence-corrected chi connectivity index (χ2v) is 2.96. The Morgan fingerprint density at radius 1 is 1.38 bits per heavy atom. The lowest BCUT2D eigenvalue weighted by Crippen LogP contribution is -1.96. The number of hydrogen-bond acceptors (Lipinski definition) is 4. The van der Waals surface area contributed by atoms with E-state index < -0.39 is 5.97 Å². The van der Waals surface area contributed by atoms with Crippen LogP contribution in [0.15, 0.2) is 36.5 Å². The molecule has 0 unspecified atom stereocenters. The van der Waals surface area contributed by atoms with E-state index in [1.165, 1.54) is 19.4 Å². The molecule has 0 saturated heterocycles. The molecule has 0 bridgehead atoms. The number of benzene rings is 1. The molecule has 16 heavy (non-hydrogen) atoms. The average Bonchev–Trinajstić information content (AvgIpc) is 2.31. The SMILES string of the molecule is CCOc1ccc(N/C=C/C(=O)OC)cc1. The predicted octanol–water partition coefficient (Wildman–Crippen LogP) is 2.18. The number of carbonyl (C=O) groups excluding carboxylic acids is 1. The van der Waals surface area contributed by atoms with Crippen molar-refractivity contribution in [3.63, 3.8) is 0 Å². The zero-order valence-electron chi connectivity index (χ0n) is 9.40. The van der Waals surface area contributed by atoms with Crippen LogP contribution in [0.1, 0.15) is 6.92 Å². The van der Waals surface area contributed by atoms with Crippen LogP contribution < -0.4 is 10.1 Å². The average molecular weight is 221 g/mol. The summed E-state index contributed by atoms with van der Waals surface area (Å²) in [6.45, 7) is 2.58. The van der Waals surface area contributed by atoms with Gasteiger partial charge in [0.1, 0.15) is 5.75 Å². The monoisotopic (exact) mass is 221 g/mol. The number of carbonyl (C=O) groups is 1. The molecule has 4 heteroatoms. The van der Waals surface area contributed by atoms with Crippen LogP contribution in [-0.4, -0.2) is 19.7 Å². The highest BCUT2D eigenvalue weighted by molar-refractivity contribution is 5.82. The molecule has 4 nitrogen and oxygen atoms in total. The number of ether oxygens (including phenoxy) is 2. The van der Waals surface area contributed by atoms with Gasteiger partial charge in [0, 0.05) is 18.0 Å². The van der Waals surface area contributed by atoms with E-state index in [0.717, 1.165) is 11.4 Å². The minimum absolute atomic E-state index is 0.390. The molecule has 0 spiro atoms. The van der Waals surface area contributed by atoms with E-state index in [-0.39, 0.29) is 0 Å². The minimum atomic E-state index is -0.390. The molecule has 0 heterocycles. The Labute approximate surface area is 94.9 Å². The smallest absolute Gasteiger partial charge is 0.331 e. The van der Waals surface area contributed by atoms with Crippen LogP contribution in [0.4, 0.5) is 5.69 Å². The van der Waals surface area contributed by atoms with Crippen molar-refractivity contribution >= 4 is 11.7 Å². The van der Waals surface area contributed by atoms with E-state index in [4.69, 9.17) is 4.74 Å². The number of rotatable bonds is 5. The Balaban J connectivity index is 2.49. The van der Waals surface area contributed by atoms with Crippen molar-refractivity contribution in [3.05, 3.63) is 36.5 Å². The molecule has 86 valence electrons. The fraction of sp³-hybridized carbons (Fsp3) is 0.250. The molecule has 0 aliphatic heterocycles. The molecule has 1 rings (SSSR count). The summed E-state index contributed by atoms with van der Waals surface area (Å²) in [5.74, 6) is 0.434. The lowest BCUT2D eigenvalue weighted by Gasteiger charge is -2.04. The molecule has 0 aliphatic rings. The summed E-state index contributed by atoms with van der Waals surface area (Å²) < 4.78 is 9.75. The van der Waals surface area contributed by atoms with Crippen molar-refractivity contribution in [1.29, 1.82) is 0 Å². The summed E-state index contributed by atoms with van der Waals surface area (Å²) in [4.78, 5) is 10.8. The zero-order chi connectivity index (χ0) is 11.8. The van der Waals surface area contributed by atoms with Gasteiger partial charge in [-0.3, -0.25) is 0 Å². The van der Waals surface area contributed by atoms with Crippen LogP contribution in [0.3, 0.4) is 0 Å². The molecule has 0 amide bonds. The first-order chi connectivity index (χ1) is 7.76. The minimum Gasteiger partial charge on any atom is -0.494 e. The first-order valence-corrected chi connectivity index (χ1v) is 5.00. The largest absolute Gasteiger partial charge is 0.494 e. The van der Waals surface area contributed by atoms with Crippen molar-refractivity contribution in [2.24, 2.45) is 0 Å². The molecule has 1 aromatic carbocycles. The van der Waals surface area contributed by atoms with Gasteiger partial charge in [0.15, 0.2) is 0 Å². The third kappa shape index (κ3) is 4.04. The lowest BCUT2D eigenvalue weighted by molar-refractivity contribution is -0.134. The standard InChI is InChI=1S/C12H15NO3/c1-3-16-11-6-4-10(5-7-11)13-9-8-12(14)15-2/h4-9,13H,3H2,1-2H3/b9-8+. The van der Waals surface area contributed by atoms with E-state index >= 15 is 0 Å². The van der Waals surface area contributed by atoms with E-state index in [1.807, 2.05) is 31.2 Å². The number of hydrogen-bond donors (Lipinski definition) is 1. The Kier molecular flexibility index (Phi) is 4.92. The van der Waals surface area contributed by atoms with Crippen molar-refractivity contribution in [2.75, 3.05) is 19.0 Å². The maximum Gasteiger partial charge on any atom is 0.331 e. The van der Waals surface area contributed by atoms with Gasteiger partial charge in [-0.2, -0.15) is 0 Å². The second-order valence-electron chi connectivity index (χ2n) is 2.96. The molecule has 0 atom stereocenters. The van der Waals surface area contributed by atoms with Crippen molar-refractivity contribution in [3.8, 4) is 5.75 Å². The van der Waals surface area contributed by atoms with E-state index in [2.05, 4.69) is 10.1 Å². The molecular formula is C12H15NO3. The summed E-state index contributed by atoms with van der Waals surface area (Å²) in [5.41, 5.74) is 0.878. The zero-order valence-corrected chi connectivity index (χ0v) is 9.40. The van der Waals surface area contributed by atoms with Crippen LogP contribution in [-0.2, 0) is 9.53 Å². The van der Waals surface area contributed by atoms with Crippen LogP contribution in [0.5, 0.6) is 5.75 Å². The number of esters is 1. The van der Waals surface area contributed by atoms with E-state index in [1.54, 1.807) is 0 Å². The van der Waals surface area contributed by atoms with Crippen LogP contribution in [0.25, 0.3) is 0 Å². The highest BCUT2D eigenvalue weighted by atomic mass is 16.5. The van der Waals surface area contributed by atoms with E-state index in [0.29, 0.717) is 6.61 Å². The van der Waals surface area contributed by atoms with Crippen LogP contribution in [0.2, 0.25) is 0 Å². The summed E-state index contributed by atoms with van der Waals surface area (Å²) in [7, 11) is 1.34. The van der Waals surface area contributed by atoms with Gasteiger partial charge in [-0.25, -0.2) is 4.79 Å². The normalized spacial score (nSPS) is 10.1. The molecule has 0 aliphatic carbocycles. The van der Waals surface area contributed by atoms with Crippen molar-refractivity contribution < 1.29 is 14.3 Å². The number of nitrogens with one attached hydrogen (secondary N) is 1. The number of methoxy groups -OCH3 is 1. The van der Waals surface area contributed by atoms with Crippen LogP contribution in [0, 0.1) is 0 Å². The van der Waals surface area contributed by atoms with Gasteiger partial charge >= 0.3 is 5.97 Å². The molecule has 0 fully saturated rings. The molecule has 0 saturated carbocycles. The maximum atomic E-state index is 10.8. The predicted molar refractivity (Wildman–Crippen MR) is 62.4 cm³/mol. The Morgan fingerprint density at radius 3 is 2.62 bits per heavy atom. The molecule has 1 aromatic rings. The Hall–Kier alpha value is -1.97. The topological polar surface area (TPSA) is 47.6 Å². The van der Waals surface area contributed by atoms with Gasteiger partial charge in [-0.15, -0.1) is 0 Å². The summed E-state index contributed by atoms with van der Waals surface area (Å²) in [5, 5.41) is 2.94. The highest BCUT2D eigenvalue weighted by Crippen LogP contribution is 2.15. The van der Waals surface area contributed by atoms with E-state index in [9.17, 15) is 4.79 Å². The molecule has 0 aromatic heterocycles. The fourth-order valence-electron chi connectivity index (χ4n) is 1.09. The first kappa shape index (κ1) is 12.1. The summed E-state index contributed by atoms with van der Waals surface area (Å²) in [6.07, 6.45) is 2.85. The van der Waals surface area contributed by atoms with Gasteiger partial charge < -0.3 is 14.8 Å². The van der Waals surface area contributed by atoms with Crippen molar-refractivity contribution in [2.45, 2.75) is 6.92 Å². The van der Waals surface area contributed by atoms with Gasteiger partial charge in [0.05, 0.1) is 13.7 Å². The third-order valence-electron chi connectivity index (χ3n) is 1.84. The second kappa shape index (κ2) is 6.50. The van der Waals surface area contributed by atoms with Gasteiger partial charge in [0.25, 0.3) is 0 Å². The highest BCUT2D eigenvalue weighted by Gasteiger charge is 1.93.